The Balaban J connectivity index is 2.12. The van der Waals surface area contributed by atoms with E-state index in [0.29, 0.717) is 18.2 Å². The van der Waals surface area contributed by atoms with Gasteiger partial charge in [0, 0.05) is 5.56 Å². The van der Waals surface area contributed by atoms with Crippen LogP contribution in [-0.2, 0) is 4.74 Å². The highest BCUT2D eigenvalue weighted by Gasteiger charge is 2.20. The van der Waals surface area contributed by atoms with Crippen molar-refractivity contribution in [3.05, 3.63) is 53.9 Å². The largest absolute Gasteiger partial charge is 0.460 e. The van der Waals surface area contributed by atoms with E-state index in [1.807, 2.05) is 42.5 Å². The molecule has 106 valence electrons. The minimum absolute atomic E-state index is 0.166. The van der Waals surface area contributed by atoms with E-state index in [9.17, 15) is 4.79 Å². The summed E-state index contributed by atoms with van der Waals surface area (Å²) in [6, 6.07) is 13.9. The molecule has 0 saturated heterocycles. The maximum Gasteiger partial charge on any atom is 0.376 e. The monoisotopic (exact) mass is 281 g/mol. The molecule has 0 saturated carbocycles. The van der Waals surface area contributed by atoms with Gasteiger partial charge in [-0.25, -0.2) is 9.78 Å². The number of oxazole rings is 1. The van der Waals surface area contributed by atoms with Gasteiger partial charge in [-0.1, -0.05) is 36.4 Å². The average Bonchev–Trinajstić information content (AvgIpc) is 2.89. The number of hydrogen-bond acceptors (Lipinski definition) is 4. The molecular weight excluding hydrogens is 266 g/mol. The van der Waals surface area contributed by atoms with E-state index >= 15 is 0 Å². The molecule has 1 heterocycles. The third-order valence-electron chi connectivity index (χ3n) is 3.28. The molecule has 1 aromatic heterocycles. The maximum absolute atomic E-state index is 11.8. The summed E-state index contributed by atoms with van der Waals surface area (Å²) in [7, 11) is 0. The molecule has 2 aromatic carbocycles. The van der Waals surface area contributed by atoms with E-state index in [2.05, 4.69) is 4.98 Å². The topological polar surface area (TPSA) is 52.3 Å². The summed E-state index contributed by atoms with van der Waals surface area (Å²) in [5, 5.41) is 2.14. The van der Waals surface area contributed by atoms with Gasteiger partial charge in [0.25, 0.3) is 0 Å². The molecule has 0 amide bonds. The third-order valence-corrected chi connectivity index (χ3v) is 3.28. The number of fused-ring (bicyclic) bond motifs is 1. The van der Waals surface area contributed by atoms with Crippen molar-refractivity contribution in [2.75, 3.05) is 6.61 Å². The molecule has 21 heavy (non-hydrogen) atoms. The van der Waals surface area contributed by atoms with E-state index < -0.39 is 5.97 Å². The molecule has 3 aromatic rings. The van der Waals surface area contributed by atoms with Crippen molar-refractivity contribution >= 4 is 16.7 Å². The summed E-state index contributed by atoms with van der Waals surface area (Å²) in [5.74, 6) is 0.126. The lowest BCUT2D eigenvalue weighted by Gasteiger charge is -2.02. The minimum Gasteiger partial charge on any atom is -0.460 e. The number of hydrogen-bond donors (Lipinski definition) is 0. The van der Waals surface area contributed by atoms with Gasteiger partial charge in [0.15, 0.2) is 0 Å². The molecule has 0 fully saturated rings. The van der Waals surface area contributed by atoms with E-state index in [1.54, 1.807) is 13.8 Å². The second-order valence-electron chi connectivity index (χ2n) is 4.68. The van der Waals surface area contributed by atoms with E-state index in [1.165, 1.54) is 0 Å². The molecule has 0 atom stereocenters. The van der Waals surface area contributed by atoms with Crippen molar-refractivity contribution in [2.24, 2.45) is 0 Å². The normalized spacial score (nSPS) is 10.8. The maximum atomic E-state index is 11.8. The van der Waals surface area contributed by atoms with Crippen molar-refractivity contribution in [1.29, 1.82) is 0 Å². The number of benzene rings is 2. The number of ether oxygens (including phenoxy) is 1. The summed E-state index contributed by atoms with van der Waals surface area (Å²) >= 11 is 0. The summed E-state index contributed by atoms with van der Waals surface area (Å²) in [6.45, 7) is 3.81. The number of carbonyl (C=O) groups excluding carboxylic acids is 1. The van der Waals surface area contributed by atoms with Crippen molar-refractivity contribution in [3.8, 4) is 11.5 Å². The first-order valence-corrected chi connectivity index (χ1v) is 6.83. The molecule has 0 N–H and O–H groups in total. The first-order chi connectivity index (χ1) is 10.2. The Morgan fingerprint density at radius 2 is 1.95 bits per heavy atom. The quantitative estimate of drug-likeness (QED) is 0.681. The Bertz CT molecular complexity index is 799. The highest BCUT2D eigenvalue weighted by Crippen LogP contribution is 2.29. The molecule has 0 bridgehead atoms. The van der Waals surface area contributed by atoms with Crippen molar-refractivity contribution in [3.63, 3.8) is 0 Å². The highest BCUT2D eigenvalue weighted by atomic mass is 16.5. The van der Waals surface area contributed by atoms with Gasteiger partial charge in [-0.3, -0.25) is 0 Å². The molecule has 0 aliphatic rings. The van der Waals surface area contributed by atoms with Crippen LogP contribution in [0.1, 0.15) is 23.2 Å². The second kappa shape index (κ2) is 5.40. The van der Waals surface area contributed by atoms with Crippen LogP contribution in [0, 0.1) is 6.92 Å². The highest BCUT2D eigenvalue weighted by molar-refractivity contribution is 5.95. The molecule has 0 aliphatic carbocycles. The predicted octanol–water partition coefficient (Wildman–Crippen LogP) is 3.98. The number of aromatic nitrogens is 1. The van der Waals surface area contributed by atoms with Crippen LogP contribution in [0.15, 0.2) is 46.9 Å². The third kappa shape index (κ3) is 2.40. The Morgan fingerprint density at radius 1 is 1.19 bits per heavy atom. The lowest BCUT2D eigenvalue weighted by molar-refractivity contribution is 0.0490. The van der Waals surface area contributed by atoms with Crippen LogP contribution < -0.4 is 0 Å². The van der Waals surface area contributed by atoms with Gasteiger partial charge >= 0.3 is 5.97 Å². The SMILES string of the molecule is CCOC(=O)c1oc(-c2cccc3ccccc23)nc1C. The van der Waals surface area contributed by atoms with Gasteiger partial charge in [-0.05, 0) is 30.7 Å². The zero-order valence-corrected chi connectivity index (χ0v) is 11.9. The first kappa shape index (κ1) is 13.4. The molecule has 0 aliphatic heterocycles. The van der Waals surface area contributed by atoms with Gasteiger partial charge in [0.2, 0.25) is 11.7 Å². The van der Waals surface area contributed by atoms with Gasteiger partial charge in [-0.15, -0.1) is 0 Å². The summed E-state index contributed by atoms with van der Waals surface area (Å²) in [5.41, 5.74) is 1.41. The Labute approximate surface area is 122 Å². The minimum atomic E-state index is -0.478. The van der Waals surface area contributed by atoms with Crippen LogP contribution in [0.2, 0.25) is 0 Å². The van der Waals surface area contributed by atoms with Crippen molar-refractivity contribution < 1.29 is 13.9 Å². The van der Waals surface area contributed by atoms with Crippen LogP contribution in [0.3, 0.4) is 0 Å². The van der Waals surface area contributed by atoms with Crippen molar-refractivity contribution in [1.82, 2.24) is 4.98 Å². The van der Waals surface area contributed by atoms with Crippen LogP contribution in [-0.4, -0.2) is 17.6 Å². The molecular formula is C17H15NO3. The number of esters is 1. The number of rotatable bonds is 3. The Kier molecular flexibility index (Phi) is 3.44. The van der Waals surface area contributed by atoms with Crippen LogP contribution in [0.4, 0.5) is 0 Å². The zero-order valence-electron chi connectivity index (χ0n) is 11.9. The molecule has 0 radical (unpaired) electrons. The fourth-order valence-corrected chi connectivity index (χ4v) is 2.31. The van der Waals surface area contributed by atoms with Crippen LogP contribution in [0.5, 0.6) is 0 Å². The van der Waals surface area contributed by atoms with E-state index in [4.69, 9.17) is 9.15 Å². The smallest absolute Gasteiger partial charge is 0.376 e. The van der Waals surface area contributed by atoms with Crippen LogP contribution in [0.25, 0.3) is 22.2 Å². The predicted molar refractivity (Wildman–Crippen MR) is 80.1 cm³/mol. The fourth-order valence-electron chi connectivity index (χ4n) is 2.31. The number of aryl methyl sites for hydroxylation is 1. The van der Waals surface area contributed by atoms with E-state index in [0.717, 1.165) is 16.3 Å². The summed E-state index contributed by atoms with van der Waals surface area (Å²) in [4.78, 5) is 16.2. The first-order valence-electron chi connectivity index (χ1n) is 6.83. The second-order valence-corrected chi connectivity index (χ2v) is 4.68. The fraction of sp³-hybridized carbons (Fsp3) is 0.176. The average molecular weight is 281 g/mol. The molecule has 0 unspecified atom stereocenters. The van der Waals surface area contributed by atoms with Gasteiger partial charge in [0.05, 0.1) is 12.3 Å². The molecule has 4 nitrogen and oxygen atoms in total. The van der Waals surface area contributed by atoms with Gasteiger partial charge < -0.3 is 9.15 Å². The lowest BCUT2D eigenvalue weighted by Crippen LogP contribution is -2.04. The Morgan fingerprint density at radius 3 is 2.76 bits per heavy atom. The van der Waals surface area contributed by atoms with E-state index in [-0.39, 0.29) is 5.76 Å². The molecule has 4 heteroatoms. The molecule has 3 rings (SSSR count). The summed E-state index contributed by atoms with van der Waals surface area (Å²) in [6.07, 6.45) is 0. The van der Waals surface area contributed by atoms with Gasteiger partial charge in [0.1, 0.15) is 0 Å². The molecule has 0 spiro atoms. The van der Waals surface area contributed by atoms with Crippen molar-refractivity contribution in [2.45, 2.75) is 13.8 Å². The van der Waals surface area contributed by atoms with Crippen LogP contribution >= 0.6 is 0 Å². The standard InChI is InChI=1S/C17H15NO3/c1-3-20-17(19)15-11(2)18-16(21-15)14-10-6-8-12-7-4-5-9-13(12)14/h4-10H,3H2,1-2H3. The lowest BCUT2D eigenvalue weighted by atomic mass is 10.0. The summed E-state index contributed by atoms with van der Waals surface area (Å²) < 4.78 is 10.6. The Hall–Kier alpha value is -2.62. The zero-order chi connectivity index (χ0) is 14.8. The number of carbonyl (C=O) groups is 1. The van der Waals surface area contributed by atoms with Gasteiger partial charge in [-0.2, -0.15) is 0 Å². The number of nitrogens with zero attached hydrogens (tertiary/aromatic N) is 1.